The number of allylic oxidation sites excluding steroid dienone is 5. The van der Waals surface area contributed by atoms with Crippen molar-refractivity contribution in [3.8, 4) is 0 Å². The minimum absolute atomic E-state index is 1.01. The van der Waals surface area contributed by atoms with Crippen molar-refractivity contribution in [2.24, 2.45) is 0 Å². The Hall–Kier alpha value is -1.96. The summed E-state index contributed by atoms with van der Waals surface area (Å²) in [6, 6.07) is 8.59. The molecular formula is C19H26N2. The molecule has 0 heterocycles. The van der Waals surface area contributed by atoms with Crippen molar-refractivity contribution >= 4 is 11.3 Å². The van der Waals surface area contributed by atoms with Crippen molar-refractivity contribution in [1.29, 1.82) is 0 Å². The Morgan fingerprint density at radius 3 is 2.67 bits per heavy atom. The molecule has 0 fully saturated rings. The number of anilines is 1. The molecule has 21 heavy (non-hydrogen) atoms. The molecule has 1 aliphatic carbocycles. The minimum atomic E-state index is 1.01. The molecule has 0 amide bonds. The summed E-state index contributed by atoms with van der Waals surface area (Å²) in [4.78, 5) is 2.16. The molecule has 2 nitrogen and oxygen atoms in total. The number of benzene rings is 1. The van der Waals surface area contributed by atoms with Crippen LogP contribution in [0.25, 0.3) is 5.57 Å². The fraction of sp³-hybridized carbons (Fsp3) is 0.368. The van der Waals surface area contributed by atoms with E-state index in [-0.39, 0.29) is 0 Å². The molecule has 112 valence electrons. The highest BCUT2D eigenvalue weighted by Gasteiger charge is 2.13. The molecule has 0 saturated heterocycles. The number of nitrogens with one attached hydrogen (secondary N) is 1. The zero-order chi connectivity index (χ0) is 15.2. The highest BCUT2D eigenvalue weighted by Crippen LogP contribution is 2.33. The van der Waals surface area contributed by atoms with E-state index < -0.39 is 0 Å². The maximum absolute atomic E-state index is 3.60. The Labute approximate surface area is 128 Å². The van der Waals surface area contributed by atoms with Gasteiger partial charge in [0.1, 0.15) is 0 Å². The second-order valence-electron chi connectivity index (χ2n) is 5.63. The Bertz CT molecular complexity index is 577. The zero-order valence-electron chi connectivity index (χ0n) is 13.6. The molecule has 2 rings (SSSR count). The molecule has 0 saturated carbocycles. The van der Waals surface area contributed by atoms with Crippen molar-refractivity contribution in [2.75, 3.05) is 19.4 Å². The Morgan fingerprint density at radius 2 is 2.05 bits per heavy atom. The van der Waals surface area contributed by atoms with Crippen LogP contribution in [0.3, 0.4) is 0 Å². The van der Waals surface area contributed by atoms with Crippen LogP contribution < -0.4 is 5.32 Å². The Morgan fingerprint density at radius 1 is 1.29 bits per heavy atom. The normalized spacial score (nSPS) is 14.8. The topological polar surface area (TPSA) is 15.3 Å². The van der Waals surface area contributed by atoms with E-state index in [1.165, 1.54) is 28.2 Å². The van der Waals surface area contributed by atoms with E-state index in [4.69, 9.17) is 0 Å². The minimum Gasteiger partial charge on any atom is -0.378 e. The average Bonchev–Trinajstić information content (AvgIpc) is 2.97. The molecule has 1 N–H and O–H groups in total. The first-order valence-corrected chi connectivity index (χ1v) is 7.75. The largest absolute Gasteiger partial charge is 0.378 e. The Balaban J connectivity index is 2.25. The maximum atomic E-state index is 3.60. The highest BCUT2D eigenvalue weighted by atomic mass is 15.1. The van der Waals surface area contributed by atoms with E-state index in [2.05, 4.69) is 80.7 Å². The molecule has 0 bridgehead atoms. The second-order valence-corrected chi connectivity index (χ2v) is 5.63. The van der Waals surface area contributed by atoms with Gasteiger partial charge in [-0.2, -0.15) is 0 Å². The van der Waals surface area contributed by atoms with Crippen LogP contribution in [-0.2, 0) is 0 Å². The van der Waals surface area contributed by atoms with Gasteiger partial charge in [0.2, 0.25) is 0 Å². The molecule has 0 spiro atoms. The molecule has 1 aromatic carbocycles. The van der Waals surface area contributed by atoms with Crippen LogP contribution in [-0.4, -0.2) is 19.0 Å². The van der Waals surface area contributed by atoms with Gasteiger partial charge in [0, 0.05) is 36.7 Å². The van der Waals surface area contributed by atoms with Crippen LogP contribution in [0.1, 0.15) is 38.7 Å². The van der Waals surface area contributed by atoms with Gasteiger partial charge in [0.15, 0.2) is 0 Å². The van der Waals surface area contributed by atoms with Crippen molar-refractivity contribution in [2.45, 2.75) is 33.1 Å². The lowest BCUT2D eigenvalue weighted by Gasteiger charge is -2.15. The van der Waals surface area contributed by atoms with E-state index in [1.54, 1.807) is 0 Å². The summed E-state index contributed by atoms with van der Waals surface area (Å²) in [5.41, 5.74) is 6.48. The molecular weight excluding hydrogens is 256 g/mol. The van der Waals surface area contributed by atoms with Gasteiger partial charge in [-0.1, -0.05) is 43.7 Å². The lowest BCUT2D eigenvalue weighted by atomic mass is 10.0. The molecule has 1 aliphatic rings. The third kappa shape index (κ3) is 3.78. The first kappa shape index (κ1) is 15.4. The zero-order valence-corrected chi connectivity index (χ0v) is 13.6. The van der Waals surface area contributed by atoms with Gasteiger partial charge in [-0.05, 0) is 37.5 Å². The van der Waals surface area contributed by atoms with E-state index in [9.17, 15) is 0 Å². The summed E-state index contributed by atoms with van der Waals surface area (Å²) in [7, 11) is 4.18. The van der Waals surface area contributed by atoms with E-state index >= 15 is 0 Å². The van der Waals surface area contributed by atoms with Gasteiger partial charge in [-0.25, -0.2) is 0 Å². The summed E-state index contributed by atoms with van der Waals surface area (Å²) in [6.45, 7) is 4.31. The van der Waals surface area contributed by atoms with Crippen molar-refractivity contribution in [3.05, 3.63) is 59.5 Å². The smallest absolute Gasteiger partial charge is 0.0458 e. The second kappa shape index (κ2) is 7.16. The summed E-state index contributed by atoms with van der Waals surface area (Å²) >= 11 is 0. The molecule has 0 unspecified atom stereocenters. The van der Waals surface area contributed by atoms with Gasteiger partial charge in [-0.3, -0.25) is 0 Å². The predicted molar refractivity (Wildman–Crippen MR) is 93.1 cm³/mol. The number of likely N-dealkylation sites (N-methyl/N-ethyl adjacent to an activating group) is 1. The van der Waals surface area contributed by atoms with Crippen LogP contribution in [0.4, 0.5) is 5.69 Å². The van der Waals surface area contributed by atoms with Crippen LogP contribution in [0, 0.1) is 0 Å². The van der Waals surface area contributed by atoms with Gasteiger partial charge < -0.3 is 10.2 Å². The van der Waals surface area contributed by atoms with Gasteiger partial charge in [-0.15, -0.1) is 0 Å². The summed E-state index contributed by atoms with van der Waals surface area (Å²) < 4.78 is 0. The van der Waals surface area contributed by atoms with Crippen LogP contribution in [0.5, 0.6) is 0 Å². The molecule has 1 aromatic rings. The van der Waals surface area contributed by atoms with Crippen molar-refractivity contribution in [1.82, 2.24) is 4.90 Å². The number of rotatable bonds is 6. The third-order valence-corrected chi connectivity index (χ3v) is 3.81. The molecule has 2 heteroatoms. The number of hydrogen-bond acceptors (Lipinski definition) is 2. The standard InChI is InChI=1S/C19H26N2/c1-5-9-16(6-2)20-19-11-8-7-10-18(19)15-12-13-17(14-15)21(3)4/h6-8,10-11,13-14,20H,5,9,12H2,1-4H3. The van der Waals surface area contributed by atoms with Crippen LogP contribution >= 0.6 is 0 Å². The average molecular weight is 282 g/mol. The first-order chi connectivity index (χ1) is 10.2. The first-order valence-electron chi connectivity index (χ1n) is 7.75. The van der Waals surface area contributed by atoms with Crippen LogP contribution in [0.2, 0.25) is 0 Å². The van der Waals surface area contributed by atoms with Crippen molar-refractivity contribution in [3.63, 3.8) is 0 Å². The molecule has 0 aliphatic heterocycles. The fourth-order valence-corrected chi connectivity index (χ4v) is 2.60. The Kier molecular flexibility index (Phi) is 5.26. The van der Waals surface area contributed by atoms with Crippen LogP contribution in [0.15, 0.2) is 53.9 Å². The SMILES string of the molecule is CC=C(CCC)Nc1ccccc1C1=CC(N(C)C)=CC1. The third-order valence-electron chi connectivity index (χ3n) is 3.81. The number of hydrogen-bond donors (Lipinski definition) is 1. The van der Waals surface area contributed by atoms with E-state index in [0.717, 1.165) is 19.3 Å². The van der Waals surface area contributed by atoms with Gasteiger partial charge >= 0.3 is 0 Å². The van der Waals surface area contributed by atoms with E-state index in [1.807, 2.05) is 0 Å². The predicted octanol–water partition coefficient (Wildman–Crippen LogP) is 5.04. The lowest BCUT2D eigenvalue weighted by Crippen LogP contribution is -2.07. The monoisotopic (exact) mass is 282 g/mol. The molecule has 0 radical (unpaired) electrons. The maximum Gasteiger partial charge on any atom is 0.0458 e. The van der Waals surface area contributed by atoms with Crippen molar-refractivity contribution < 1.29 is 0 Å². The summed E-state index contributed by atoms with van der Waals surface area (Å²) in [5.74, 6) is 0. The quantitative estimate of drug-likeness (QED) is 0.786. The molecule has 0 aromatic heterocycles. The van der Waals surface area contributed by atoms with Gasteiger partial charge in [0.25, 0.3) is 0 Å². The number of nitrogens with zero attached hydrogens (tertiary/aromatic N) is 1. The fourth-order valence-electron chi connectivity index (χ4n) is 2.60. The summed E-state index contributed by atoms with van der Waals surface area (Å²) in [5, 5.41) is 3.60. The lowest BCUT2D eigenvalue weighted by molar-refractivity contribution is 0.531. The highest BCUT2D eigenvalue weighted by molar-refractivity contribution is 5.81. The summed E-state index contributed by atoms with van der Waals surface area (Å²) in [6.07, 6.45) is 10.00. The van der Waals surface area contributed by atoms with E-state index in [0.29, 0.717) is 0 Å². The molecule has 0 atom stereocenters. The van der Waals surface area contributed by atoms with Gasteiger partial charge in [0.05, 0.1) is 0 Å². The number of para-hydroxylation sites is 1.